The quantitative estimate of drug-likeness (QED) is 0.868. The van der Waals surface area contributed by atoms with Crippen molar-refractivity contribution in [1.29, 1.82) is 0 Å². The van der Waals surface area contributed by atoms with Crippen LogP contribution in [0.4, 0.5) is 0 Å². The third kappa shape index (κ3) is 3.58. The maximum absolute atomic E-state index is 5.45. The second-order valence-corrected chi connectivity index (χ2v) is 6.09. The van der Waals surface area contributed by atoms with E-state index < -0.39 is 0 Å². The van der Waals surface area contributed by atoms with Crippen molar-refractivity contribution in [3.8, 4) is 0 Å². The lowest BCUT2D eigenvalue weighted by molar-refractivity contribution is 0.0555. The Labute approximate surface area is 121 Å². The zero-order chi connectivity index (χ0) is 14.5. The minimum absolute atomic E-state index is 0.0843. The Bertz CT molecular complexity index is 406. The van der Waals surface area contributed by atoms with Gasteiger partial charge >= 0.3 is 0 Å². The third-order valence-corrected chi connectivity index (χ3v) is 4.31. The monoisotopic (exact) mass is 281 g/mol. The van der Waals surface area contributed by atoms with E-state index in [0.717, 1.165) is 12.3 Å². The molecule has 0 amide bonds. The fraction of sp³-hybridized carbons (Fsp3) is 0.867. The lowest BCUT2D eigenvalue weighted by atomic mass is 9.82. The smallest absolute Gasteiger partial charge is 0.227 e. The summed E-state index contributed by atoms with van der Waals surface area (Å²) in [6.07, 6.45) is 5.88. The van der Waals surface area contributed by atoms with Gasteiger partial charge in [-0.3, -0.25) is 0 Å². The van der Waals surface area contributed by atoms with E-state index >= 15 is 0 Å². The molecule has 1 N–H and O–H groups in total. The molecule has 1 aliphatic rings. The van der Waals surface area contributed by atoms with Gasteiger partial charge in [0.1, 0.15) is 6.10 Å². The van der Waals surface area contributed by atoms with Crippen LogP contribution in [0.25, 0.3) is 0 Å². The van der Waals surface area contributed by atoms with Crippen LogP contribution in [0.2, 0.25) is 0 Å². The number of nitrogens with one attached hydrogen (secondary N) is 1. The van der Waals surface area contributed by atoms with Crippen molar-refractivity contribution in [1.82, 2.24) is 15.5 Å². The first kappa shape index (κ1) is 15.4. The van der Waals surface area contributed by atoms with Crippen LogP contribution in [0.5, 0.6) is 0 Å². The average molecular weight is 281 g/mol. The van der Waals surface area contributed by atoms with Crippen LogP contribution in [0.15, 0.2) is 4.52 Å². The Kier molecular flexibility index (Phi) is 5.54. The summed E-state index contributed by atoms with van der Waals surface area (Å²) in [7, 11) is 3.74. The first-order valence-corrected chi connectivity index (χ1v) is 7.68. The van der Waals surface area contributed by atoms with Crippen molar-refractivity contribution >= 4 is 0 Å². The van der Waals surface area contributed by atoms with Crippen LogP contribution in [0.3, 0.4) is 0 Å². The molecule has 1 saturated carbocycles. The Morgan fingerprint density at radius 3 is 2.75 bits per heavy atom. The second-order valence-electron chi connectivity index (χ2n) is 6.09. The molecular weight excluding hydrogens is 254 g/mol. The molecule has 3 unspecified atom stereocenters. The van der Waals surface area contributed by atoms with Crippen molar-refractivity contribution in [2.45, 2.75) is 58.1 Å². The maximum Gasteiger partial charge on any atom is 0.227 e. The standard InChI is InChI=1S/C15H27N3O2/c1-10(2)14(19-4)15-17-13(20-18-15)9-11-7-5-6-8-12(11)16-3/h10-12,14,16H,5-9H2,1-4H3. The molecule has 20 heavy (non-hydrogen) atoms. The van der Waals surface area contributed by atoms with Gasteiger partial charge in [0.2, 0.25) is 11.7 Å². The van der Waals surface area contributed by atoms with Crippen LogP contribution in [0.1, 0.15) is 57.3 Å². The summed E-state index contributed by atoms with van der Waals surface area (Å²) in [5, 5.41) is 7.51. The number of hydrogen-bond donors (Lipinski definition) is 1. The summed E-state index contributed by atoms with van der Waals surface area (Å²) < 4.78 is 10.9. The minimum Gasteiger partial charge on any atom is -0.373 e. The summed E-state index contributed by atoms with van der Waals surface area (Å²) in [4.78, 5) is 4.53. The van der Waals surface area contributed by atoms with Crippen LogP contribution in [-0.2, 0) is 11.2 Å². The Hall–Kier alpha value is -0.940. The molecule has 2 rings (SSSR count). The molecule has 0 radical (unpaired) electrons. The van der Waals surface area contributed by atoms with Crippen LogP contribution < -0.4 is 5.32 Å². The van der Waals surface area contributed by atoms with Crippen molar-refractivity contribution in [2.24, 2.45) is 11.8 Å². The Balaban J connectivity index is 2.01. The summed E-state index contributed by atoms with van der Waals surface area (Å²) >= 11 is 0. The fourth-order valence-electron chi connectivity index (χ4n) is 3.20. The minimum atomic E-state index is -0.0843. The van der Waals surface area contributed by atoms with Gasteiger partial charge in [0.05, 0.1) is 0 Å². The molecule has 1 aliphatic carbocycles. The number of aromatic nitrogens is 2. The fourth-order valence-corrected chi connectivity index (χ4v) is 3.20. The van der Waals surface area contributed by atoms with Gasteiger partial charge in [0.25, 0.3) is 0 Å². The van der Waals surface area contributed by atoms with Crippen molar-refractivity contribution in [2.75, 3.05) is 14.2 Å². The van der Waals surface area contributed by atoms with Gasteiger partial charge in [0.15, 0.2) is 0 Å². The largest absolute Gasteiger partial charge is 0.373 e. The number of nitrogens with zero attached hydrogens (tertiary/aromatic N) is 2. The van der Waals surface area contributed by atoms with Crippen LogP contribution in [-0.4, -0.2) is 30.3 Å². The van der Waals surface area contributed by atoms with Gasteiger partial charge in [-0.15, -0.1) is 0 Å². The number of methoxy groups -OCH3 is 1. The number of hydrogen-bond acceptors (Lipinski definition) is 5. The molecule has 0 aliphatic heterocycles. The highest BCUT2D eigenvalue weighted by molar-refractivity contribution is 4.95. The highest BCUT2D eigenvalue weighted by atomic mass is 16.5. The maximum atomic E-state index is 5.45. The molecule has 0 bridgehead atoms. The molecule has 3 atom stereocenters. The predicted octanol–water partition coefficient (Wildman–Crippen LogP) is 2.73. The molecule has 1 fully saturated rings. The highest BCUT2D eigenvalue weighted by Gasteiger charge is 2.27. The molecular formula is C15H27N3O2. The van der Waals surface area contributed by atoms with Gasteiger partial charge < -0.3 is 14.6 Å². The van der Waals surface area contributed by atoms with E-state index in [4.69, 9.17) is 9.26 Å². The average Bonchev–Trinajstić information content (AvgIpc) is 2.88. The van der Waals surface area contributed by atoms with Gasteiger partial charge in [-0.1, -0.05) is 31.8 Å². The van der Waals surface area contributed by atoms with E-state index in [2.05, 4.69) is 29.3 Å². The summed E-state index contributed by atoms with van der Waals surface area (Å²) in [5.74, 6) is 2.36. The van der Waals surface area contributed by atoms with Crippen LogP contribution >= 0.6 is 0 Å². The second kappa shape index (κ2) is 7.18. The van der Waals surface area contributed by atoms with E-state index in [1.165, 1.54) is 25.7 Å². The van der Waals surface area contributed by atoms with Crippen molar-refractivity contribution in [3.63, 3.8) is 0 Å². The number of ether oxygens (including phenoxy) is 1. The van der Waals surface area contributed by atoms with E-state index in [1.807, 2.05) is 7.05 Å². The van der Waals surface area contributed by atoms with E-state index in [9.17, 15) is 0 Å². The highest BCUT2D eigenvalue weighted by Crippen LogP contribution is 2.28. The first-order chi connectivity index (χ1) is 9.65. The Morgan fingerprint density at radius 1 is 1.35 bits per heavy atom. The molecule has 0 spiro atoms. The molecule has 1 heterocycles. The Morgan fingerprint density at radius 2 is 2.10 bits per heavy atom. The first-order valence-electron chi connectivity index (χ1n) is 7.68. The molecule has 0 aromatic carbocycles. The van der Waals surface area contributed by atoms with Crippen molar-refractivity contribution in [3.05, 3.63) is 11.7 Å². The van der Waals surface area contributed by atoms with Crippen LogP contribution in [0, 0.1) is 11.8 Å². The summed E-state index contributed by atoms with van der Waals surface area (Å²) in [6, 6.07) is 0.572. The molecule has 0 saturated heterocycles. The van der Waals surface area contributed by atoms with E-state index in [-0.39, 0.29) is 6.10 Å². The molecule has 114 valence electrons. The summed E-state index contributed by atoms with van der Waals surface area (Å²) in [6.45, 7) is 4.20. The van der Waals surface area contributed by atoms with Gasteiger partial charge in [-0.25, -0.2) is 0 Å². The normalized spacial score (nSPS) is 25.1. The van der Waals surface area contributed by atoms with Gasteiger partial charge in [0, 0.05) is 19.6 Å². The SMILES string of the molecule is CNC1CCCCC1Cc1nc(C(OC)C(C)C)no1. The van der Waals surface area contributed by atoms with Gasteiger partial charge in [-0.2, -0.15) is 4.98 Å². The third-order valence-electron chi connectivity index (χ3n) is 4.31. The topological polar surface area (TPSA) is 60.2 Å². The lowest BCUT2D eigenvalue weighted by Gasteiger charge is -2.30. The molecule has 1 aromatic heterocycles. The van der Waals surface area contributed by atoms with Crippen molar-refractivity contribution < 1.29 is 9.26 Å². The number of rotatable bonds is 6. The molecule has 5 nitrogen and oxygen atoms in total. The molecule has 1 aromatic rings. The zero-order valence-electron chi connectivity index (χ0n) is 13.1. The van der Waals surface area contributed by atoms with E-state index in [0.29, 0.717) is 23.7 Å². The zero-order valence-corrected chi connectivity index (χ0v) is 13.1. The van der Waals surface area contributed by atoms with Gasteiger partial charge in [-0.05, 0) is 31.7 Å². The lowest BCUT2D eigenvalue weighted by Crippen LogP contribution is -2.37. The molecule has 5 heteroatoms. The summed E-state index contributed by atoms with van der Waals surface area (Å²) in [5.41, 5.74) is 0. The van der Waals surface area contributed by atoms with E-state index in [1.54, 1.807) is 7.11 Å². The predicted molar refractivity (Wildman–Crippen MR) is 77.4 cm³/mol.